The third-order valence-corrected chi connectivity index (χ3v) is 6.57. The highest BCUT2D eigenvalue weighted by atomic mass is 16.4. The molecule has 200 valence electrons. The van der Waals surface area contributed by atoms with Gasteiger partial charge in [-0.3, -0.25) is 14.4 Å². The van der Waals surface area contributed by atoms with Gasteiger partial charge in [0.25, 0.3) is 0 Å². The average Bonchev–Trinajstić information content (AvgIpc) is 2.76. The Balaban J connectivity index is 4.02. The van der Waals surface area contributed by atoms with Gasteiger partial charge in [0.05, 0.1) is 6.42 Å². The van der Waals surface area contributed by atoms with Crippen molar-refractivity contribution in [2.24, 2.45) is 11.3 Å². The predicted octanol–water partition coefficient (Wildman–Crippen LogP) is 6.57. The van der Waals surface area contributed by atoms with Crippen LogP contribution in [0.4, 0.5) is 0 Å². The van der Waals surface area contributed by atoms with E-state index in [-0.39, 0.29) is 23.7 Å². The molecule has 1 unspecified atom stereocenters. The first kappa shape index (κ1) is 32.4. The Bertz CT molecular complexity index is 561. The summed E-state index contributed by atoms with van der Waals surface area (Å²) in [5, 5.41) is 12.1. The van der Waals surface area contributed by atoms with Crippen LogP contribution >= 0.6 is 0 Å². The lowest BCUT2D eigenvalue weighted by Gasteiger charge is -2.27. The van der Waals surface area contributed by atoms with Gasteiger partial charge in [-0.1, -0.05) is 111 Å². The summed E-state index contributed by atoms with van der Waals surface area (Å²) in [5.41, 5.74) is -0.375. The number of hydrogen-bond donors (Lipinski definition) is 2. The molecule has 0 aliphatic heterocycles. The number of carbonyl (C=O) groups is 3. The fraction of sp³-hybridized carbons (Fsp3) is 0.893. The highest BCUT2D eigenvalue weighted by Gasteiger charge is 2.26. The molecule has 0 bridgehead atoms. The molecule has 0 spiro atoms. The Morgan fingerprint density at radius 2 is 1.24 bits per heavy atom. The molecule has 2 amide bonds. The van der Waals surface area contributed by atoms with Crippen molar-refractivity contribution in [1.82, 2.24) is 10.2 Å². The molecule has 6 heteroatoms. The first-order valence-corrected chi connectivity index (χ1v) is 13.8. The number of carboxylic acids is 1. The van der Waals surface area contributed by atoms with Crippen molar-refractivity contribution in [3.05, 3.63) is 0 Å². The Labute approximate surface area is 209 Å². The second-order valence-corrected chi connectivity index (χ2v) is 11.0. The molecule has 0 aliphatic carbocycles. The Morgan fingerprint density at radius 1 is 0.794 bits per heavy atom. The van der Waals surface area contributed by atoms with E-state index in [0.717, 1.165) is 19.3 Å². The van der Waals surface area contributed by atoms with E-state index in [4.69, 9.17) is 0 Å². The monoisotopic (exact) mass is 482 g/mol. The summed E-state index contributed by atoms with van der Waals surface area (Å²) < 4.78 is 0. The normalized spacial score (nSPS) is 12.4. The molecule has 0 fully saturated rings. The summed E-state index contributed by atoms with van der Waals surface area (Å²) in [6, 6.07) is 0. The zero-order valence-corrected chi connectivity index (χ0v) is 22.9. The van der Waals surface area contributed by atoms with Gasteiger partial charge in [0, 0.05) is 33.0 Å². The van der Waals surface area contributed by atoms with Gasteiger partial charge in [-0.2, -0.15) is 0 Å². The summed E-state index contributed by atoms with van der Waals surface area (Å²) in [5.74, 6) is -1.63. The summed E-state index contributed by atoms with van der Waals surface area (Å²) in [4.78, 5) is 37.4. The molecular weight excluding hydrogens is 428 g/mol. The number of carbonyl (C=O) groups excluding carboxylic acids is 2. The number of amides is 2. The highest BCUT2D eigenvalue weighted by molar-refractivity contribution is 5.83. The van der Waals surface area contributed by atoms with Crippen LogP contribution in [0.25, 0.3) is 0 Å². The number of rotatable bonds is 22. The lowest BCUT2D eigenvalue weighted by Crippen LogP contribution is -2.40. The minimum absolute atomic E-state index is 0.0174. The van der Waals surface area contributed by atoms with E-state index in [9.17, 15) is 19.5 Å². The van der Waals surface area contributed by atoms with E-state index in [1.165, 1.54) is 70.6 Å². The van der Waals surface area contributed by atoms with Gasteiger partial charge in [-0.25, -0.2) is 0 Å². The SMILES string of the molecule is CCCCCCCCCCCCCCCCC(CC(=O)O)C(=O)NCC(C)(C)CC(=O)N(C)C. The van der Waals surface area contributed by atoms with E-state index in [1.807, 2.05) is 13.8 Å². The number of unbranched alkanes of at least 4 members (excludes halogenated alkanes) is 13. The molecule has 0 saturated heterocycles. The molecular formula is C28H54N2O4. The van der Waals surface area contributed by atoms with E-state index >= 15 is 0 Å². The lowest BCUT2D eigenvalue weighted by molar-refractivity contribution is -0.141. The molecule has 6 nitrogen and oxygen atoms in total. The van der Waals surface area contributed by atoms with E-state index in [1.54, 1.807) is 19.0 Å². The maximum Gasteiger partial charge on any atom is 0.304 e. The van der Waals surface area contributed by atoms with Crippen LogP contribution in [0.5, 0.6) is 0 Å². The minimum Gasteiger partial charge on any atom is -0.481 e. The molecule has 1 atom stereocenters. The highest BCUT2D eigenvalue weighted by Crippen LogP contribution is 2.21. The zero-order chi connectivity index (χ0) is 25.8. The first-order valence-electron chi connectivity index (χ1n) is 13.8. The van der Waals surface area contributed by atoms with Crippen molar-refractivity contribution in [2.45, 2.75) is 130 Å². The van der Waals surface area contributed by atoms with Crippen LogP contribution in [0, 0.1) is 11.3 Å². The lowest BCUT2D eigenvalue weighted by atomic mass is 9.88. The standard InChI is InChI=1S/C28H54N2O4/c1-6-7-8-9-10-11-12-13-14-15-16-17-18-19-20-24(21-26(32)33)27(34)29-23-28(2,3)22-25(31)30(4)5/h24H,6-23H2,1-5H3,(H,29,34)(H,32,33). The molecule has 2 N–H and O–H groups in total. The predicted molar refractivity (Wildman–Crippen MR) is 141 cm³/mol. The maximum atomic E-state index is 12.6. The summed E-state index contributed by atoms with van der Waals surface area (Å²) >= 11 is 0. The zero-order valence-electron chi connectivity index (χ0n) is 22.9. The van der Waals surface area contributed by atoms with Gasteiger partial charge < -0.3 is 15.3 Å². The van der Waals surface area contributed by atoms with Crippen LogP contribution < -0.4 is 5.32 Å². The van der Waals surface area contributed by atoms with Crippen molar-refractivity contribution in [3.63, 3.8) is 0 Å². The number of aliphatic carboxylic acids is 1. The minimum atomic E-state index is -0.937. The second kappa shape index (κ2) is 19.7. The van der Waals surface area contributed by atoms with Crippen LogP contribution in [0.15, 0.2) is 0 Å². The molecule has 0 rings (SSSR count). The maximum absolute atomic E-state index is 12.6. The smallest absolute Gasteiger partial charge is 0.304 e. The number of hydrogen-bond acceptors (Lipinski definition) is 3. The van der Waals surface area contributed by atoms with Crippen molar-refractivity contribution in [1.29, 1.82) is 0 Å². The Kier molecular flexibility index (Phi) is 18.8. The van der Waals surface area contributed by atoms with Crippen LogP contribution in [-0.4, -0.2) is 48.4 Å². The fourth-order valence-corrected chi connectivity index (χ4v) is 4.22. The molecule has 0 aliphatic rings. The van der Waals surface area contributed by atoms with Gasteiger partial charge in [0.1, 0.15) is 0 Å². The van der Waals surface area contributed by atoms with E-state index < -0.39 is 11.9 Å². The second-order valence-electron chi connectivity index (χ2n) is 11.0. The van der Waals surface area contributed by atoms with Crippen molar-refractivity contribution in [2.75, 3.05) is 20.6 Å². The first-order chi connectivity index (χ1) is 16.1. The number of nitrogens with zero attached hydrogens (tertiary/aromatic N) is 1. The molecule has 34 heavy (non-hydrogen) atoms. The third-order valence-electron chi connectivity index (χ3n) is 6.57. The van der Waals surface area contributed by atoms with Crippen LogP contribution in [0.3, 0.4) is 0 Å². The number of nitrogens with one attached hydrogen (secondary N) is 1. The van der Waals surface area contributed by atoms with Crippen LogP contribution in [-0.2, 0) is 14.4 Å². The molecule has 0 aromatic rings. The van der Waals surface area contributed by atoms with Gasteiger partial charge >= 0.3 is 5.97 Å². The van der Waals surface area contributed by atoms with Crippen molar-refractivity contribution in [3.8, 4) is 0 Å². The van der Waals surface area contributed by atoms with Gasteiger partial charge in [0.15, 0.2) is 0 Å². The largest absolute Gasteiger partial charge is 0.481 e. The Hall–Kier alpha value is -1.59. The summed E-state index contributed by atoms with van der Waals surface area (Å²) in [7, 11) is 3.44. The molecule has 0 heterocycles. The van der Waals surface area contributed by atoms with Crippen molar-refractivity contribution < 1.29 is 19.5 Å². The molecule has 0 radical (unpaired) electrons. The van der Waals surface area contributed by atoms with Crippen molar-refractivity contribution >= 4 is 17.8 Å². The average molecular weight is 483 g/mol. The van der Waals surface area contributed by atoms with Crippen LogP contribution in [0.2, 0.25) is 0 Å². The summed E-state index contributed by atoms with van der Waals surface area (Å²) in [6.07, 6.45) is 18.6. The quantitative estimate of drug-likeness (QED) is 0.171. The number of carboxylic acid groups (broad SMARTS) is 1. The van der Waals surface area contributed by atoms with E-state index in [2.05, 4.69) is 12.2 Å². The fourth-order valence-electron chi connectivity index (χ4n) is 4.22. The summed E-state index contributed by atoms with van der Waals surface area (Å²) in [6.45, 7) is 6.50. The van der Waals surface area contributed by atoms with E-state index in [0.29, 0.717) is 19.4 Å². The Morgan fingerprint density at radius 3 is 1.65 bits per heavy atom. The third kappa shape index (κ3) is 18.8. The van der Waals surface area contributed by atoms with Gasteiger partial charge in [-0.15, -0.1) is 0 Å². The topological polar surface area (TPSA) is 86.7 Å². The molecule has 0 aromatic carbocycles. The molecule has 0 aromatic heterocycles. The van der Waals surface area contributed by atoms with Gasteiger partial charge in [0.2, 0.25) is 11.8 Å². The van der Waals surface area contributed by atoms with Gasteiger partial charge in [-0.05, 0) is 11.8 Å². The molecule has 0 saturated carbocycles. The van der Waals surface area contributed by atoms with Crippen LogP contribution in [0.1, 0.15) is 130 Å².